The second-order valence-electron chi connectivity index (χ2n) is 4.44. The van der Waals surface area contributed by atoms with Crippen molar-refractivity contribution in [1.29, 1.82) is 0 Å². The van der Waals surface area contributed by atoms with Crippen LogP contribution in [0.25, 0.3) is 22.4 Å². The van der Waals surface area contributed by atoms with Crippen molar-refractivity contribution < 1.29 is 0 Å². The fourth-order valence-electron chi connectivity index (χ4n) is 2.42. The molecule has 0 atom stereocenters. The smallest absolute Gasteiger partial charge is 0.157 e. The molecule has 0 radical (unpaired) electrons. The van der Waals surface area contributed by atoms with Crippen LogP contribution in [0.4, 0.5) is 5.69 Å². The zero-order valence-electron chi connectivity index (χ0n) is 11.0. The van der Waals surface area contributed by atoms with Crippen molar-refractivity contribution in [1.82, 2.24) is 14.6 Å². The molecule has 0 unspecified atom stereocenters. The molecule has 19 heavy (non-hydrogen) atoms. The minimum Gasteiger partial charge on any atom is -0.685 e. The quantitative estimate of drug-likeness (QED) is 0.754. The van der Waals surface area contributed by atoms with Crippen molar-refractivity contribution in [2.75, 3.05) is 7.05 Å². The molecular weight excluding hydrogens is 238 g/mol. The lowest BCUT2D eigenvalue weighted by Gasteiger charge is -2.15. The average Bonchev–Trinajstić information content (AvgIpc) is 2.98. The van der Waals surface area contributed by atoms with Gasteiger partial charge in [-0.3, -0.25) is 5.10 Å². The molecule has 0 saturated carbocycles. The Balaban J connectivity index is 2.23. The molecule has 0 aliphatic rings. The van der Waals surface area contributed by atoms with Gasteiger partial charge in [-0.15, -0.1) is 12.7 Å². The van der Waals surface area contributed by atoms with E-state index in [0.717, 1.165) is 34.0 Å². The van der Waals surface area contributed by atoms with Gasteiger partial charge in [0, 0.05) is 17.8 Å². The number of aromatic amines is 1. The van der Waals surface area contributed by atoms with Gasteiger partial charge in [0.05, 0.1) is 0 Å². The number of nitrogens with two attached hydrogens (primary N) is 1. The zero-order valence-corrected chi connectivity index (χ0v) is 11.0. The summed E-state index contributed by atoms with van der Waals surface area (Å²) >= 11 is 0. The van der Waals surface area contributed by atoms with Gasteiger partial charge in [-0.05, 0) is 12.5 Å². The molecule has 5 heteroatoms. The van der Waals surface area contributed by atoms with E-state index in [0.29, 0.717) is 6.54 Å². The second-order valence-corrected chi connectivity index (χ2v) is 4.44. The Morgan fingerprint density at radius 3 is 2.68 bits per heavy atom. The molecule has 2 aromatic heterocycles. The molecule has 3 aromatic rings. The SMILES string of the molecule is C[N-]c1c(CN)c2nc(-c3ccccc3)[nH]n2c1C. The fourth-order valence-corrected chi connectivity index (χ4v) is 2.42. The lowest BCUT2D eigenvalue weighted by atomic mass is 10.2. The number of rotatable bonds is 3. The van der Waals surface area contributed by atoms with Crippen LogP contribution in [-0.2, 0) is 6.54 Å². The van der Waals surface area contributed by atoms with Crippen LogP contribution in [0.3, 0.4) is 0 Å². The van der Waals surface area contributed by atoms with Gasteiger partial charge >= 0.3 is 0 Å². The monoisotopic (exact) mass is 254 g/mol. The van der Waals surface area contributed by atoms with Crippen LogP contribution in [0.2, 0.25) is 0 Å². The highest BCUT2D eigenvalue weighted by Crippen LogP contribution is 2.32. The standard InChI is InChI=1S/C14H16N5/c1-9-12(16-2)11(8-15)14-17-13(18-19(9)14)10-6-4-3-5-7-10/h3-7H,8,15H2,1-2H3,(H,17,18)/q-1. The average molecular weight is 254 g/mol. The summed E-state index contributed by atoms with van der Waals surface area (Å²) < 4.78 is 1.95. The number of H-pyrrole nitrogens is 1. The van der Waals surface area contributed by atoms with Crippen LogP contribution in [0.1, 0.15) is 11.3 Å². The number of fused-ring (bicyclic) bond motifs is 1. The molecule has 0 aliphatic carbocycles. The molecule has 0 spiro atoms. The molecule has 3 rings (SSSR count). The van der Waals surface area contributed by atoms with Crippen LogP contribution in [0.15, 0.2) is 30.3 Å². The molecule has 0 saturated heterocycles. The van der Waals surface area contributed by atoms with Gasteiger partial charge in [0.1, 0.15) is 0 Å². The summed E-state index contributed by atoms with van der Waals surface area (Å²) in [5.74, 6) is 0.844. The number of nitrogens with zero attached hydrogens (tertiary/aromatic N) is 3. The summed E-state index contributed by atoms with van der Waals surface area (Å²) in [5, 5.41) is 7.59. The Labute approximate surface area is 111 Å². The van der Waals surface area contributed by atoms with Crippen molar-refractivity contribution in [2.45, 2.75) is 13.5 Å². The van der Waals surface area contributed by atoms with E-state index in [-0.39, 0.29) is 0 Å². The van der Waals surface area contributed by atoms with Crippen molar-refractivity contribution in [3.63, 3.8) is 0 Å². The van der Waals surface area contributed by atoms with Crippen LogP contribution in [0, 0.1) is 6.92 Å². The molecular formula is C14H16N5-. The molecule has 5 nitrogen and oxygen atoms in total. The minimum absolute atomic E-state index is 0.434. The maximum absolute atomic E-state index is 5.83. The summed E-state index contributed by atoms with van der Waals surface area (Å²) in [6.45, 7) is 2.45. The first kappa shape index (κ1) is 11.8. The van der Waals surface area contributed by atoms with Gasteiger partial charge in [0.2, 0.25) is 0 Å². The summed E-state index contributed by atoms with van der Waals surface area (Å²) in [4.78, 5) is 4.65. The van der Waals surface area contributed by atoms with Gasteiger partial charge in [-0.25, -0.2) is 9.50 Å². The number of benzene rings is 1. The first-order valence-electron chi connectivity index (χ1n) is 6.21. The van der Waals surface area contributed by atoms with Gasteiger partial charge < -0.3 is 11.1 Å². The molecule has 3 N–H and O–H groups in total. The number of nitrogens with one attached hydrogen (secondary N) is 1. The molecule has 98 valence electrons. The summed E-state index contributed by atoms with van der Waals surface area (Å²) in [7, 11) is 1.78. The number of aryl methyl sites for hydroxylation is 1. The third-order valence-corrected chi connectivity index (χ3v) is 3.36. The van der Waals surface area contributed by atoms with Crippen LogP contribution in [-0.4, -0.2) is 21.6 Å². The predicted octanol–water partition coefficient (Wildman–Crippen LogP) is 2.73. The van der Waals surface area contributed by atoms with E-state index < -0.39 is 0 Å². The van der Waals surface area contributed by atoms with Crippen molar-refractivity contribution >= 4 is 11.3 Å². The summed E-state index contributed by atoms with van der Waals surface area (Å²) in [6.07, 6.45) is 0. The molecule has 2 heterocycles. The second kappa shape index (κ2) is 4.44. The molecule has 0 fully saturated rings. The molecule has 0 bridgehead atoms. The van der Waals surface area contributed by atoms with E-state index in [1.807, 2.05) is 41.8 Å². The Bertz CT molecular complexity index is 708. The maximum atomic E-state index is 5.83. The Morgan fingerprint density at radius 2 is 2.05 bits per heavy atom. The van der Waals surface area contributed by atoms with Crippen LogP contribution in [0.5, 0.6) is 0 Å². The van der Waals surface area contributed by atoms with Gasteiger partial charge in [-0.2, -0.15) is 0 Å². The molecule has 1 aromatic carbocycles. The number of hydrogen-bond donors (Lipinski definition) is 2. The largest absolute Gasteiger partial charge is 0.685 e. The van der Waals surface area contributed by atoms with E-state index in [2.05, 4.69) is 15.4 Å². The van der Waals surface area contributed by atoms with Gasteiger partial charge in [0.15, 0.2) is 11.5 Å². The third kappa shape index (κ3) is 1.70. The van der Waals surface area contributed by atoms with Gasteiger partial charge in [0.25, 0.3) is 0 Å². The maximum Gasteiger partial charge on any atom is 0.157 e. The number of aromatic nitrogens is 3. The third-order valence-electron chi connectivity index (χ3n) is 3.36. The normalized spacial score (nSPS) is 11.1. The molecule has 0 amide bonds. The van der Waals surface area contributed by atoms with E-state index in [4.69, 9.17) is 5.73 Å². The highest BCUT2D eigenvalue weighted by atomic mass is 15.3. The highest BCUT2D eigenvalue weighted by molar-refractivity contribution is 5.73. The lowest BCUT2D eigenvalue weighted by molar-refractivity contribution is 0.936. The Kier molecular flexibility index (Phi) is 2.76. The van der Waals surface area contributed by atoms with Crippen molar-refractivity contribution in [3.05, 3.63) is 46.9 Å². The van der Waals surface area contributed by atoms with E-state index in [1.165, 1.54) is 0 Å². The minimum atomic E-state index is 0.434. The zero-order chi connectivity index (χ0) is 13.4. The van der Waals surface area contributed by atoms with Crippen LogP contribution < -0.4 is 5.73 Å². The van der Waals surface area contributed by atoms with Crippen molar-refractivity contribution in [2.24, 2.45) is 5.73 Å². The first-order chi connectivity index (χ1) is 9.26. The Morgan fingerprint density at radius 1 is 1.32 bits per heavy atom. The van der Waals surface area contributed by atoms with Crippen LogP contribution >= 0.6 is 0 Å². The first-order valence-corrected chi connectivity index (χ1v) is 6.21. The highest BCUT2D eigenvalue weighted by Gasteiger charge is 2.13. The van der Waals surface area contributed by atoms with E-state index in [1.54, 1.807) is 7.05 Å². The fraction of sp³-hybridized carbons (Fsp3) is 0.214. The topological polar surface area (TPSA) is 73.2 Å². The number of hydrogen-bond acceptors (Lipinski definition) is 2. The molecule has 0 aliphatic heterocycles. The predicted molar refractivity (Wildman–Crippen MR) is 76.6 cm³/mol. The van der Waals surface area contributed by atoms with Crippen molar-refractivity contribution in [3.8, 4) is 11.4 Å². The van der Waals surface area contributed by atoms with Gasteiger partial charge in [-0.1, -0.05) is 30.3 Å². The van der Waals surface area contributed by atoms with E-state index in [9.17, 15) is 0 Å². The van der Waals surface area contributed by atoms with E-state index >= 15 is 0 Å². The Hall–Kier alpha value is -2.27. The summed E-state index contributed by atoms with van der Waals surface area (Å²) in [6, 6.07) is 10.0. The summed E-state index contributed by atoms with van der Waals surface area (Å²) in [5.41, 5.74) is 10.7. The lowest BCUT2D eigenvalue weighted by Crippen LogP contribution is -1.96.